The van der Waals surface area contributed by atoms with E-state index in [0.717, 1.165) is 19.3 Å². The first-order valence-electron chi connectivity index (χ1n) is 5.00. The zero-order valence-electron chi connectivity index (χ0n) is 8.30. The number of azo groups is 1. The molecule has 0 amide bonds. The number of hydrogen-bond acceptors (Lipinski definition) is 3. The molecule has 78 valence electrons. The molecule has 0 spiro atoms. The highest BCUT2D eigenvalue weighted by molar-refractivity contribution is 7.80. The van der Waals surface area contributed by atoms with Crippen LogP contribution >= 0.6 is 12.2 Å². The molecule has 0 radical (unpaired) electrons. The van der Waals surface area contributed by atoms with Gasteiger partial charge < -0.3 is 4.74 Å². The zero-order chi connectivity index (χ0) is 10.5. The number of aryl methyl sites for hydroxylation is 1. The lowest BCUT2D eigenvalue weighted by atomic mass is 10.1. The first kappa shape index (κ1) is 10.2. The van der Waals surface area contributed by atoms with Crippen molar-refractivity contribution in [3.63, 3.8) is 0 Å². The maximum Gasteiger partial charge on any atom is 0.304 e. The van der Waals surface area contributed by atoms with Crippen molar-refractivity contribution in [1.29, 1.82) is 0 Å². The van der Waals surface area contributed by atoms with E-state index < -0.39 is 0 Å². The second-order valence-electron chi connectivity index (χ2n) is 3.43. The molecule has 1 aliphatic heterocycles. The van der Waals surface area contributed by atoms with E-state index in [-0.39, 0.29) is 11.4 Å². The van der Waals surface area contributed by atoms with Crippen LogP contribution in [0.5, 0.6) is 0 Å². The van der Waals surface area contributed by atoms with Crippen LogP contribution in [0.1, 0.15) is 18.4 Å². The zero-order valence-corrected chi connectivity index (χ0v) is 9.11. The van der Waals surface area contributed by atoms with Crippen LogP contribution in [0.25, 0.3) is 0 Å². The molecule has 1 aromatic rings. The third kappa shape index (κ3) is 3.09. The largest absolute Gasteiger partial charge is 0.441 e. The smallest absolute Gasteiger partial charge is 0.304 e. The van der Waals surface area contributed by atoms with Crippen LogP contribution in [-0.4, -0.2) is 11.4 Å². The lowest BCUT2D eigenvalue weighted by molar-refractivity contribution is 0.207. The third-order valence-corrected chi connectivity index (χ3v) is 2.44. The van der Waals surface area contributed by atoms with Crippen LogP contribution in [0, 0.1) is 0 Å². The van der Waals surface area contributed by atoms with Crippen molar-refractivity contribution in [3.05, 3.63) is 35.9 Å². The van der Waals surface area contributed by atoms with Gasteiger partial charge in [-0.25, -0.2) is 0 Å². The van der Waals surface area contributed by atoms with Crippen LogP contribution < -0.4 is 0 Å². The van der Waals surface area contributed by atoms with Crippen molar-refractivity contribution in [2.24, 2.45) is 10.2 Å². The molecule has 1 unspecified atom stereocenters. The number of benzene rings is 1. The van der Waals surface area contributed by atoms with E-state index in [1.54, 1.807) is 0 Å². The van der Waals surface area contributed by atoms with Gasteiger partial charge in [-0.1, -0.05) is 30.3 Å². The summed E-state index contributed by atoms with van der Waals surface area (Å²) in [7, 11) is 0. The van der Waals surface area contributed by atoms with Gasteiger partial charge in [-0.05, 0) is 30.6 Å². The molecule has 1 aliphatic rings. The summed E-state index contributed by atoms with van der Waals surface area (Å²) < 4.78 is 5.20. The molecular weight excluding hydrogens is 208 g/mol. The minimum atomic E-state index is -0.152. The molecule has 15 heavy (non-hydrogen) atoms. The standard InChI is InChI=1S/C11H12N2OS/c15-11-13-12-10(14-11)8-4-7-9-5-2-1-3-6-9/h1-3,5-6,10H,4,7-8H2. The van der Waals surface area contributed by atoms with Gasteiger partial charge in [0.05, 0.1) is 0 Å². The van der Waals surface area contributed by atoms with Crippen molar-refractivity contribution >= 4 is 17.4 Å². The number of thiocarbonyl (C=S) groups is 1. The first-order valence-corrected chi connectivity index (χ1v) is 5.41. The molecule has 1 heterocycles. The minimum Gasteiger partial charge on any atom is -0.441 e. The molecule has 4 heteroatoms. The average Bonchev–Trinajstić information content (AvgIpc) is 2.66. The number of hydrogen-bond donors (Lipinski definition) is 0. The maximum atomic E-state index is 5.20. The fraction of sp³-hybridized carbons (Fsp3) is 0.364. The number of nitrogens with zero attached hydrogens (tertiary/aromatic N) is 2. The molecule has 2 rings (SSSR count). The fourth-order valence-corrected chi connectivity index (χ4v) is 1.68. The van der Waals surface area contributed by atoms with Gasteiger partial charge in [0.2, 0.25) is 6.23 Å². The third-order valence-electron chi connectivity index (χ3n) is 2.26. The summed E-state index contributed by atoms with van der Waals surface area (Å²) in [6.45, 7) is 0. The predicted octanol–water partition coefficient (Wildman–Crippen LogP) is 3.10. The minimum absolute atomic E-state index is 0.152. The Bertz CT molecular complexity index is 364. The molecule has 3 nitrogen and oxygen atoms in total. The highest BCUT2D eigenvalue weighted by atomic mass is 32.1. The van der Waals surface area contributed by atoms with Gasteiger partial charge in [0.25, 0.3) is 0 Å². The molecule has 0 saturated heterocycles. The van der Waals surface area contributed by atoms with E-state index in [0.29, 0.717) is 0 Å². The molecule has 0 N–H and O–H groups in total. The van der Waals surface area contributed by atoms with E-state index in [9.17, 15) is 0 Å². The molecule has 0 fully saturated rings. The Morgan fingerprint density at radius 3 is 2.73 bits per heavy atom. The highest BCUT2D eigenvalue weighted by Gasteiger charge is 2.16. The van der Waals surface area contributed by atoms with Gasteiger partial charge in [0, 0.05) is 6.42 Å². The first-order chi connectivity index (χ1) is 7.34. The summed E-state index contributed by atoms with van der Waals surface area (Å²) in [5.41, 5.74) is 1.34. The number of ether oxygens (including phenoxy) is 1. The summed E-state index contributed by atoms with van der Waals surface area (Å²) >= 11 is 4.76. The highest BCUT2D eigenvalue weighted by Crippen LogP contribution is 2.14. The Kier molecular flexibility index (Phi) is 3.40. The van der Waals surface area contributed by atoms with Crippen LogP contribution in [0.15, 0.2) is 40.6 Å². The molecule has 0 aliphatic carbocycles. The summed E-state index contributed by atoms with van der Waals surface area (Å²) in [4.78, 5) is 0. The van der Waals surface area contributed by atoms with E-state index in [1.165, 1.54) is 5.56 Å². The Morgan fingerprint density at radius 2 is 2.07 bits per heavy atom. The van der Waals surface area contributed by atoms with Crippen LogP contribution in [0.2, 0.25) is 0 Å². The molecular formula is C11H12N2OS. The molecule has 0 saturated carbocycles. The summed E-state index contributed by atoms with van der Waals surface area (Å²) in [6, 6.07) is 10.4. The van der Waals surface area contributed by atoms with Crippen LogP contribution in [0.4, 0.5) is 0 Å². The quantitative estimate of drug-likeness (QED) is 0.731. The normalized spacial score (nSPS) is 19.2. The molecule has 1 atom stereocenters. The van der Waals surface area contributed by atoms with E-state index in [1.807, 2.05) is 6.07 Å². The Hall–Kier alpha value is -1.29. The van der Waals surface area contributed by atoms with Gasteiger partial charge in [0.1, 0.15) is 0 Å². The van der Waals surface area contributed by atoms with Crippen LogP contribution in [0.3, 0.4) is 0 Å². The topological polar surface area (TPSA) is 34.0 Å². The van der Waals surface area contributed by atoms with Crippen molar-refractivity contribution in [3.8, 4) is 0 Å². The Morgan fingerprint density at radius 1 is 1.27 bits per heavy atom. The average molecular weight is 220 g/mol. The molecule has 1 aromatic carbocycles. The lowest BCUT2D eigenvalue weighted by Gasteiger charge is -2.05. The fourth-order valence-electron chi connectivity index (χ4n) is 1.52. The second-order valence-corrected chi connectivity index (χ2v) is 3.78. The van der Waals surface area contributed by atoms with Gasteiger partial charge in [-0.2, -0.15) is 0 Å². The van der Waals surface area contributed by atoms with Gasteiger partial charge in [0.15, 0.2) is 0 Å². The van der Waals surface area contributed by atoms with Crippen molar-refractivity contribution in [1.82, 2.24) is 0 Å². The van der Waals surface area contributed by atoms with Gasteiger partial charge in [-0.3, -0.25) is 0 Å². The summed E-state index contributed by atoms with van der Waals surface area (Å²) in [5, 5.41) is 7.85. The lowest BCUT2D eigenvalue weighted by Crippen LogP contribution is -2.06. The van der Waals surface area contributed by atoms with Gasteiger partial charge in [-0.15, -0.1) is 10.2 Å². The molecule has 0 bridgehead atoms. The molecule has 0 aromatic heterocycles. The van der Waals surface area contributed by atoms with E-state index >= 15 is 0 Å². The Balaban J connectivity index is 1.72. The van der Waals surface area contributed by atoms with Crippen molar-refractivity contribution in [2.45, 2.75) is 25.5 Å². The SMILES string of the molecule is S=C1N=NC(CCCc2ccccc2)O1. The number of rotatable bonds is 4. The van der Waals surface area contributed by atoms with E-state index in [4.69, 9.17) is 17.0 Å². The summed E-state index contributed by atoms with van der Waals surface area (Å²) in [6.07, 6.45) is 2.80. The maximum absolute atomic E-state index is 5.20. The second kappa shape index (κ2) is 4.98. The van der Waals surface area contributed by atoms with Gasteiger partial charge >= 0.3 is 5.17 Å². The van der Waals surface area contributed by atoms with Crippen molar-refractivity contribution in [2.75, 3.05) is 0 Å². The Labute approximate surface area is 94.2 Å². The van der Waals surface area contributed by atoms with E-state index in [2.05, 4.69) is 34.5 Å². The van der Waals surface area contributed by atoms with Crippen molar-refractivity contribution < 1.29 is 4.74 Å². The monoisotopic (exact) mass is 220 g/mol. The summed E-state index contributed by atoms with van der Waals surface area (Å²) in [5.74, 6) is 0. The predicted molar refractivity (Wildman–Crippen MR) is 61.7 cm³/mol. The van der Waals surface area contributed by atoms with Crippen LogP contribution in [-0.2, 0) is 11.2 Å².